The lowest BCUT2D eigenvalue weighted by Crippen LogP contribution is -2.15. The summed E-state index contributed by atoms with van der Waals surface area (Å²) in [6, 6.07) is 5.95. The molecule has 17 heavy (non-hydrogen) atoms. The van der Waals surface area contributed by atoms with E-state index in [-0.39, 0.29) is 18.0 Å². The number of phenolic OH excluding ortho intramolecular Hbond substituents is 1. The van der Waals surface area contributed by atoms with Crippen molar-refractivity contribution in [1.29, 1.82) is 0 Å². The summed E-state index contributed by atoms with van der Waals surface area (Å²) in [5, 5.41) is 21.7. The molecule has 0 aliphatic rings. The molecule has 0 amide bonds. The van der Waals surface area contributed by atoms with Crippen molar-refractivity contribution in [3.8, 4) is 11.4 Å². The van der Waals surface area contributed by atoms with Crippen LogP contribution in [0.25, 0.3) is 5.69 Å². The number of nitrogens with zero attached hydrogens (tertiary/aromatic N) is 2. The smallest absolute Gasteiger partial charge is 0.348 e. The van der Waals surface area contributed by atoms with Gasteiger partial charge in [-0.1, -0.05) is 6.07 Å². The quantitative estimate of drug-likeness (QED) is 0.688. The van der Waals surface area contributed by atoms with E-state index in [9.17, 15) is 14.7 Å². The average molecular weight is 235 g/mol. The molecule has 3 N–H and O–H groups in total. The van der Waals surface area contributed by atoms with Crippen molar-refractivity contribution in [2.75, 3.05) is 0 Å². The zero-order valence-electron chi connectivity index (χ0n) is 8.62. The topological polar surface area (TPSA) is 108 Å². The molecule has 1 aromatic carbocycles. The van der Waals surface area contributed by atoms with E-state index >= 15 is 0 Å². The van der Waals surface area contributed by atoms with E-state index in [0.717, 1.165) is 4.68 Å². The molecule has 0 spiro atoms. The van der Waals surface area contributed by atoms with Crippen LogP contribution in [0.3, 0.4) is 0 Å². The second-order valence-corrected chi connectivity index (χ2v) is 3.38. The molecule has 0 unspecified atom stereocenters. The van der Waals surface area contributed by atoms with Gasteiger partial charge in [-0.05, 0) is 12.1 Å². The molecule has 2 aromatic rings. The van der Waals surface area contributed by atoms with Gasteiger partial charge in [0.25, 0.3) is 0 Å². The molecule has 7 heteroatoms. The van der Waals surface area contributed by atoms with Gasteiger partial charge in [0.15, 0.2) is 0 Å². The lowest BCUT2D eigenvalue weighted by Gasteiger charge is -1.98. The first kappa shape index (κ1) is 10.9. The zero-order chi connectivity index (χ0) is 12.4. The molecule has 0 aliphatic carbocycles. The Morgan fingerprint density at radius 3 is 2.88 bits per heavy atom. The Balaban J connectivity index is 2.43. The van der Waals surface area contributed by atoms with Crippen LogP contribution in [-0.2, 0) is 11.2 Å². The number of aromatic nitrogens is 3. The molecule has 1 aromatic heterocycles. The second kappa shape index (κ2) is 4.12. The fourth-order valence-corrected chi connectivity index (χ4v) is 1.39. The molecule has 2 rings (SSSR count). The predicted octanol–water partition coefficient (Wildman–Crippen LogP) is -0.107. The molecule has 0 saturated heterocycles. The molecule has 0 bridgehead atoms. The summed E-state index contributed by atoms with van der Waals surface area (Å²) in [5.41, 5.74) is -0.185. The summed E-state index contributed by atoms with van der Waals surface area (Å²) in [6.07, 6.45) is -0.360. The fourth-order valence-electron chi connectivity index (χ4n) is 1.39. The minimum Gasteiger partial charge on any atom is -0.508 e. The highest BCUT2D eigenvalue weighted by Gasteiger charge is 2.10. The molecule has 1 heterocycles. The van der Waals surface area contributed by atoms with Crippen LogP contribution >= 0.6 is 0 Å². The molecular weight excluding hydrogens is 226 g/mol. The highest BCUT2D eigenvalue weighted by molar-refractivity contribution is 5.68. The Hall–Kier alpha value is -2.57. The largest absolute Gasteiger partial charge is 0.508 e. The van der Waals surface area contributed by atoms with Crippen LogP contribution in [0.1, 0.15) is 5.82 Å². The maximum atomic E-state index is 11.5. The first-order chi connectivity index (χ1) is 8.06. The summed E-state index contributed by atoms with van der Waals surface area (Å²) in [5.74, 6) is -1.02. The van der Waals surface area contributed by atoms with E-state index in [1.165, 1.54) is 12.1 Å². The standard InChI is InChI=1S/C10H9N3O4/c14-7-3-1-2-6(4-7)13-10(17)11-8(12-13)5-9(15)16/h1-4,14H,5H2,(H,15,16)(H,11,12,17). The van der Waals surface area contributed by atoms with Crippen molar-refractivity contribution in [1.82, 2.24) is 14.8 Å². The van der Waals surface area contributed by atoms with Crippen molar-refractivity contribution in [3.05, 3.63) is 40.6 Å². The van der Waals surface area contributed by atoms with Crippen molar-refractivity contribution >= 4 is 5.97 Å². The summed E-state index contributed by atoms with van der Waals surface area (Å²) in [6.45, 7) is 0. The Kier molecular flexibility index (Phi) is 2.65. The average Bonchev–Trinajstić information content (AvgIpc) is 2.58. The number of hydrogen-bond acceptors (Lipinski definition) is 4. The number of aliphatic carboxylic acids is 1. The van der Waals surface area contributed by atoms with E-state index in [2.05, 4.69) is 10.1 Å². The lowest BCUT2D eigenvalue weighted by molar-refractivity contribution is -0.136. The van der Waals surface area contributed by atoms with Gasteiger partial charge in [-0.2, -0.15) is 4.68 Å². The lowest BCUT2D eigenvalue weighted by atomic mass is 10.3. The number of hydrogen-bond donors (Lipinski definition) is 3. The number of aromatic amines is 1. The van der Waals surface area contributed by atoms with Crippen LogP contribution in [0.4, 0.5) is 0 Å². The third kappa shape index (κ3) is 2.33. The fraction of sp³-hybridized carbons (Fsp3) is 0.100. The van der Waals surface area contributed by atoms with Crippen LogP contribution in [-0.4, -0.2) is 30.9 Å². The minimum atomic E-state index is -1.08. The van der Waals surface area contributed by atoms with Gasteiger partial charge in [0.1, 0.15) is 18.0 Å². The normalized spacial score (nSPS) is 10.4. The summed E-state index contributed by atoms with van der Waals surface area (Å²) in [4.78, 5) is 24.3. The maximum Gasteiger partial charge on any atom is 0.348 e. The van der Waals surface area contributed by atoms with Gasteiger partial charge < -0.3 is 10.2 Å². The first-order valence-corrected chi connectivity index (χ1v) is 4.75. The van der Waals surface area contributed by atoms with Crippen LogP contribution in [0.2, 0.25) is 0 Å². The number of aromatic hydroxyl groups is 1. The number of benzene rings is 1. The summed E-state index contributed by atoms with van der Waals surface area (Å²) < 4.78 is 0.998. The van der Waals surface area contributed by atoms with Gasteiger partial charge in [0.2, 0.25) is 0 Å². The Morgan fingerprint density at radius 1 is 1.47 bits per heavy atom. The first-order valence-electron chi connectivity index (χ1n) is 4.75. The number of nitrogens with one attached hydrogen (secondary N) is 1. The third-order valence-electron chi connectivity index (χ3n) is 2.06. The maximum absolute atomic E-state index is 11.5. The molecule has 88 valence electrons. The van der Waals surface area contributed by atoms with E-state index < -0.39 is 11.7 Å². The SMILES string of the molecule is O=C(O)Cc1nn(-c2cccc(O)c2)c(=O)[nH]1. The van der Waals surface area contributed by atoms with Gasteiger partial charge >= 0.3 is 11.7 Å². The van der Waals surface area contributed by atoms with Gasteiger partial charge in [0.05, 0.1) is 5.69 Å². The molecule has 0 saturated carbocycles. The van der Waals surface area contributed by atoms with Crippen molar-refractivity contribution in [2.45, 2.75) is 6.42 Å². The number of rotatable bonds is 3. The van der Waals surface area contributed by atoms with E-state index in [1.807, 2.05) is 0 Å². The van der Waals surface area contributed by atoms with Crippen LogP contribution in [0, 0.1) is 0 Å². The van der Waals surface area contributed by atoms with Gasteiger partial charge in [0, 0.05) is 6.07 Å². The van der Waals surface area contributed by atoms with Gasteiger partial charge in [-0.3, -0.25) is 9.78 Å². The second-order valence-electron chi connectivity index (χ2n) is 3.38. The van der Waals surface area contributed by atoms with Gasteiger partial charge in [-0.15, -0.1) is 5.10 Å². The Morgan fingerprint density at radius 2 is 2.24 bits per heavy atom. The Labute approximate surface area is 95.0 Å². The monoisotopic (exact) mass is 235 g/mol. The number of carbonyl (C=O) groups is 1. The van der Waals surface area contributed by atoms with E-state index in [0.29, 0.717) is 5.69 Å². The molecule has 0 atom stereocenters. The molecule has 7 nitrogen and oxygen atoms in total. The molecule has 0 aliphatic heterocycles. The van der Waals surface area contributed by atoms with Crippen molar-refractivity contribution in [3.63, 3.8) is 0 Å². The molecular formula is C10H9N3O4. The molecule has 0 radical (unpaired) electrons. The van der Waals surface area contributed by atoms with Crippen LogP contribution in [0.15, 0.2) is 29.1 Å². The van der Waals surface area contributed by atoms with Crippen LogP contribution < -0.4 is 5.69 Å². The summed E-state index contributed by atoms with van der Waals surface area (Å²) >= 11 is 0. The third-order valence-corrected chi connectivity index (χ3v) is 2.06. The number of phenols is 1. The highest BCUT2D eigenvalue weighted by atomic mass is 16.4. The Bertz CT molecular complexity index is 614. The molecule has 0 fully saturated rings. The van der Waals surface area contributed by atoms with Crippen LogP contribution in [0.5, 0.6) is 5.75 Å². The zero-order valence-corrected chi connectivity index (χ0v) is 8.62. The van der Waals surface area contributed by atoms with E-state index in [4.69, 9.17) is 5.11 Å². The van der Waals surface area contributed by atoms with Crippen molar-refractivity contribution in [2.24, 2.45) is 0 Å². The summed E-state index contributed by atoms with van der Waals surface area (Å²) in [7, 11) is 0. The highest BCUT2D eigenvalue weighted by Crippen LogP contribution is 2.12. The van der Waals surface area contributed by atoms with Gasteiger partial charge in [-0.25, -0.2) is 4.79 Å². The number of carboxylic acid groups (broad SMARTS) is 1. The van der Waals surface area contributed by atoms with Crippen molar-refractivity contribution < 1.29 is 15.0 Å². The van der Waals surface area contributed by atoms with E-state index in [1.54, 1.807) is 12.1 Å². The minimum absolute atomic E-state index is 0.00261. The predicted molar refractivity (Wildman–Crippen MR) is 57.2 cm³/mol. The number of carboxylic acids is 1. The number of H-pyrrole nitrogens is 1.